The normalized spacial score (nSPS) is 14.0. The molecule has 1 amide bonds. The Morgan fingerprint density at radius 3 is 2.72 bits per heavy atom. The van der Waals surface area contributed by atoms with Gasteiger partial charge in [0.05, 0.1) is 5.02 Å². The van der Waals surface area contributed by atoms with Crippen LogP contribution in [0.5, 0.6) is 0 Å². The molecule has 0 unspecified atom stereocenters. The average molecular weight is 420 g/mol. The highest BCUT2D eigenvalue weighted by Crippen LogP contribution is 2.19. The first-order valence-electron chi connectivity index (χ1n) is 10.1. The highest BCUT2D eigenvalue weighted by atomic mass is 35.5. The number of carbonyl (C=O) groups is 1. The Morgan fingerprint density at radius 2 is 1.97 bits per heavy atom. The molecule has 29 heavy (non-hydrogen) atoms. The summed E-state index contributed by atoms with van der Waals surface area (Å²) in [5, 5.41) is 6.13. The van der Waals surface area contributed by atoms with Crippen LogP contribution in [0.3, 0.4) is 0 Å². The van der Waals surface area contributed by atoms with Crippen molar-refractivity contribution >= 4 is 29.3 Å². The van der Waals surface area contributed by atoms with Gasteiger partial charge < -0.3 is 15.5 Å². The summed E-state index contributed by atoms with van der Waals surface area (Å²) in [5.74, 6) is 1.03. The van der Waals surface area contributed by atoms with E-state index in [0.29, 0.717) is 31.9 Å². The smallest absolute Gasteiger partial charge is 0.224 e. The largest absolute Gasteiger partial charge is 0.356 e. The fraction of sp³-hybridized carbons (Fsp3) is 0.476. The summed E-state index contributed by atoms with van der Waals surface area (Å²) >= 11 is 5.76. The summed E-state index contributed by atoms with van der Waals surface area (Å²) in [6, 6.07) is 6.53. The maximum Gasteiger partial charge on any atom is 0.224 e. The van der Waals surface area contributed by atoms with Gasteiger partial charge in [0.1, 0.15) is 11.6 Å². The molecule has 1 saturated heterocycles. The fourth-order valence-electron chi connectivity index (χ4n) is 3.33. The van der Waals surface area contributed by atoms with Crippen molar-refractivity contribution < 1.29 is 9.18 Å². The van der Waals surface area contributed by atoms with Crippen molar-refractivity contribution in [1.82, 2.24) is 15.3 Å². The molecule has 2 heterocycles. The third-order valence-corrected chi connectivity index (χ3v) is 5.17. The van der Waals surface area contributed by atoms with E-state index in [1.807, 2.05) is 13.0 Å². The molecule has 156 valence electrons. The van der Waals surface area contributed by atoms with Gasteiger partial charge in [0, 0.05) is 44.4 Å². The van der Waals surface area contributed by atoms with E-state index in [1.165, 1.54) is 25.3 Å². The van der Waals surface area contributed by atoms with Crippen LogP contribution >= 0.6 is 11.6 Å². The van der Waals surface area contributed by atoms with E-state index >= 15 is 0 Å². The summed E-state index contributed by atoms with van der Waals surface area (Å²) in [5.41, 5.74) is 1.76. The number of hydrogen-bond acceptors (Lipinski definition) is 5. The van der Waals surface area contributed by atoms with Crippen LogP contribution in [-0.4, -0.2) is 42.1 Å². The van der Waals surface area contributed by atoms with Crippen molar-refractivity contribution in [3.8, 4) is 0 Å². The second kappa shape index (κ2) is 10.4. The molecular weight excluding hydrogens is 393 g/mol. The molecule has 2 aromatic rings. The van der Waals surface area contributed by atoms with E-state index in [4.69, 9.17) is 11.6 Å². The minimum Gasteiger partial charge on any atom is -0.356 e. The molecule has 0 saturated carbocycles. The quantitative estimate of drug-likeness (QED) is 0.638. The maximum atomic E-state index is 13.2. The number of aryl methyl sites for hydroxylation is 2. The van der Waals surface area contributed by atoms with Crippen molar-refractivity contribution in [2.75, 3.05) is 36.4 Å². The van der Waals surface area contributed by atoms with Gasteiger partial charge in [0.25, 0.3) is 0 Å². The molecule has 3 rings (SSSR count). The highest BCUT2D eigenvalue weighted by molar-refractivity contribution is 6.30. The number of amides is 1. The summed E-state index contributed by atoms with van der Waals surface area (Å²) in [6.45, 7) is 5.04. The first-order chi connectivity index (χ1) is 14.0. The number of hydrogen-bond donors (Lipinski definition) is 2. The van der Waals surface area contributed by atoms with E-state index in [-0.39, 0.29) is 10.9 Å². The molecule has 1 aromatic heterocycles. The molecule has 1 aliphatic rings. The predicted molar refractivity (Wildman–Crippen MR) is 114 cm³/mol. The van der Waals surface area contributed by atoms with Gasteiger partial charge in [0.15, 0.2) is 0 Å². The molecule has 0 aliphatic carbocycles. The van der Waals surface area contributed by atoms with Crippen molar-refractivity contribution in [2.45, 2.75) is 39.0 Å². The fourth-order valence-corrected chi connectivity index (χ4v) is 3.54. The van der Waals surface area contributed by atoms with Crippen molar-refractivity contribution in [1.29, 1.82) is 0 Å². The maximum absolute atomic E-state index is 13.2. The second-order valence-corrected chi connectivity index (χ2v) is 7.67. The van der Waals surface area contributed by atoms with Crippen molar-refractivity contribution in [2.24, 2.45) is 0 Å². The average Bonchev–Trinajstić information content (AvgIpc) is 2.72. The zero-order chi connectivity index (χ0) is 20.6. The molecule has 8 heteroatoms. The first-order valence-corrected chi connectivity index (χ1v) is 10.4. The minimum absolute atomic E-state index is 0.0635. The molecule has 0 atom stereocenters. The van der Waals surface area contributed by atoms with Crippen LogP contribution < -0.4 is 15.5 Å². The van der Waals surface area contributed by atoms with Crippen LogP contribution in [0.25, 0.3) is 0 Å². The lowest BCUT2D eigenvalue weighted by molar-refractivity contribution is -0.120. The molecule has 0 spiro atoms. The van der Waals surface area contributed by atoms with Gasteiger partial charge in [-0.1, -0.05) is 17.7 Å². The van der Waals surface area contributed by atoms with Crippen LogP contribution in [0.15, 0.2) is 24.3 Å². The summed E-state index contributed by atoms with van der Waals surface area (Å²) in [4.78, 5) is 23.4. The Labute approximate surface area is 175 Å². The number of piperidine rings is 1. The molecule has 0 bridgehead atoms. The number of benzene rings is 1. The Balaban J connectivity index is 1.41. The van der Waals surface area contributed by atoms with Crippen LogP contribution in [0.4, 0.5) is 16.2 Å². The molecule has 1 aromatic carbocycles. The lowest BCUT2D eigenvalue weighted by atomic mass is 10.1. The van der Waals surface area contributed by atoms with Gasteiger partial charge in [-0.05, 0) is 50.3 Å². The Bertz CT molecular complexity index is 842. The van der Waals surface area contributed by atoms with E-state index in [9.17, 15) is 9.18 Å². The Morgan fingerprint density at radius 1 is 1.17 bits per heavy atom. The van der Waals surface area contributed by atoms with E-state index < -0.39 is 5.82 Å². The number of anilines is 2. The number of rotatable bonds is 8. The van der Waals surface area contributed by atoms with Crippen LogP contribution in [0.2, 0.25) is 5.02 Å². The topological polar surface area (TPSA) is 70.2 Å². The van der Waals surface area contributed by atoms with Crippen LogP contribution in [0, 0.1) is 12.7 Å². The number of aromatic nitrogens is 2. The molecule has 2 N–H and O–H groups in total. The SMILES string of the molecule is Cc1cc(N2CCCCC2)nc(NCCNC(=O)CCc2ccc(F)c(Cl)c2)n1. The van der Waals surface area contributed by atoms with Crippen LogP contribution in [0.1, 0.15) is 36.9 Å². The molecule has 6 nitrogen and oxygen atoms in total. The van der Waals surface area contributed by atoms with Crippen molar-refractivity contribution in [3.63, 3.8) is 0 Å². The second-order valence-electron chi connectivity index (χ2n) is 7.26. The number of nitrogens with zero attached hydrogens (tertiary/aromatic N) is 3. The molecular formula is C21H27ClFN5O. The van der Waals surface area contributed by atoms with Gasteiger partial charge in [-0.15, -0.1) is 0 Å². The van der Waals surface area contributed by atoms with Crippen LogP contribution in [-0.2, 0) is 11.2 Å². The van der Waals surface area contributed by atoms with Gasteiger partial charge in [0.2, 0.25) is 11.9 Å². The third-order valence-electron chi connectivity index (χ3n) is 4.88. The monoisotopic (exact) mass is 419 g/mol. The Kier molecular flexibility index (Phi) is 7.63. The van der Waals surface area contributed by atoms with Gasteiger partial charge in [-0.2, -0.15) is 4.98 Å². The zero-order valence-corrected chi connectivity index (χ0v) is 17.4. The third kappa shape index (κ3) is 6.56. The lowest BCUT2D eigenvalue weighted by Gasteiger charge is -2.28. The van der Waals surface area contributed by atoms with Gasteiger partial charge in [-0.25, -0.2) is 9.37 Å². The predicted octanol–water partition coefficient (Wildman–Crippen LogP) is 3.73. The van der Waals surface area contributed by atoms with E-state index in [2.05, 4.69) is 25.5 Å². The summed E-state index contributed by atoms with van der Waals surface area (Å²) in [7, 11) is 0. The molecule has 1 aliphatic heterocycles. The van der Waals surface area contributed by atoms with E-state index in [1.54, 1.807) is 12.1 Å². The highest BCUT2D eigenvalue weighted by Gasteiger charge is 2.13. The van der Waals surface area contributed by atoms with Crippen molar-refractivity contribution in [3.05, 3.63) is 46.4 Å². The standard InChI is InChI=1S/C21H27ClFN5O/c1-15-13-19(28-11-3-2-4-12-28)27-21(26-15)25-10-9-24-20(29)8-6-16-5-7-18(23)17(22)14-16/h5,7,13-14H,2-4,6,8-12H2,1H3,(H,24,29)(H,25,26,27). The first kappa shape index (κ1) is 21.3. The summed E-state index contributed by atoms with van der Waals surface area (Å²) < 4.78 is 13.2. The number of nitrogens with one attached hydrogen (secondary N) is 2. The van der Waals surface area contributed by atoms with E-state index in [0.717, 1.165) is 30.2 Å². The lowest BCUT2D eigenvalue weighted by Crippen LogP contribution is -2.31. The minimum atomic E-state index is -0.451. The number of halogens is 2. The van der Waals surface area contributed by atoms with Gasteiger partial charge >= 0.3 is 0 Å². The van der Waals surface area contributed by atoms with Gasteiger partial charge in [-0.3, -0.25) is 4.79 Å². The Hall–Kier alpha value is -2.41. The summed E-state index contributed by atoms with van der Waals surface area (Å²) in [6.07, 6.45) is 4.50. The number of carbonyl (C=O) groups excluding carboxylic acids is 1. The molecule has 0 radical (unpaired) electrons. The zero-order valence-electron chi connectivity index (χ0n) is 16.7. The molecule has 1 fully saturated rings.